The van der Waals surface area contributed by atoms with Gasteiger partial charge in [-0.1, -0.05) is 6.92 Å². The van der Waals surface area contributed by atoms with Gasteiger partial charge in [-0.05, 0) is 32.9 Å². The number of hydrogen-bond acceptors (Lipinski definition) is 4. The second-order valence-electron chi connectivity index (χ2n) is 5.13. The van der Waals surface area contributed by atoms with Crippen molar-refractivity contribution >= 4 is 0 Å². The number of ether oxygens (including phenoxy) is 2. The van der Waals surface area contributed by atoms with Crippen molar-refractivity contribution in [1.29, 1.82) is 0 Å². The molecule has 0 saturated carbocycles. The van der Waals surface area contributed by atoms with Gasteiger partial charge in [0.05, 0.1) is 12.3 Å². The van der Waals surface area contributed by atoms with Gasteiger partial charge in [0.15, 0.2) is 0 Å². The van der Waals surface area contributed by atoms with Gasteiger partial charge in [-0.2, -0.15) is 0 Å². The number of nitrogens with zero attached hydrogens (tertiary/aromatic N) is 1. The maximum absolute atomic E-state index is 5.92. The molecule has 1 N–H and O–H groups in total. The first-order chi connectivity index (χ1) is 8.65. The molecule has 0 amide bonds. The van der Waals surface area contributed by atoms with Crippen LogP contribution in [0, 0.1) is 5.92 Å². The Morgan fingerprint density at radius 1 is 1.39 bits per heavy atom. The molecule has 1 saturated heterocycles. The second kappa shape index (κ2) is 6.05. The number of nitrogens with one attached hydrogen (secondary N) is 1. The van der Waals surface area contributed by atoms with Crippen LogP contribution < -0.4 is 14.8 Å². The highest BCUT2D eigenvalue weighted by molar-refractivity contribution is 5.23. The fourth-order valence-corrected chi connectivity index (χ4v) is 2.10. The molecular weight excluding hydrogens is 228 g/mol. The minimum Gasteiger partial charge on any atom is -0.489 e. The molecule has 0 aromatic carbocycles. The summed E-state index contributed by atoms with van der Waals surface area (Å²) in [6, 6.07) is 3.79. The van der Waals surface area contributed by atoms with Gasteiger partial charge >= 0.3 is 0 Å². The third-order valence-corrected chi connectivity index (χ3v) is 3.06. The van der Waals surface area contributed by atoms with E-state index < -0.39 is 0 Å². The molecule has 0 radical (unpaired) electrons. The summed E-state index contributed by atoms with van der Waals surface area (Å²) in [7, 11) is 0. The normalized spacial score (nSPS) is 24.0. The van der Waals surface area contributed by atoms with Crippen LogP contribution in [0.4, 0.5) is 0 Å². The molecule has 2 rings (SSSR count). The smallest absolute Gasteiger partial charge is 0.213 e. The Balaban J connectivity index is 1.93. The highest BCUT2D eigenvalue weighted by Gasteiger charge is 2.22. The van der Waals surface area contributed by atoms with E-state index in [1.165, 1.54) is 0 Å². The predicted molar refractivity (Wildman–Crippen MR) is 71.1 cm³/mol. The zero-order valence-electron chi connectivity index (χ0n) is 11.3. The van der Waals surface area contributed by atoms with E-state index in [-0.39, 0.29) is 12.2 Å². The Bertz CT molecular complexity index is 365. The number of pyridine rings is 1. The van der Waals surface area contributed by atoms with E-state index in [4.69, 9.17) is 9.47 Å². The van der Waals surface area contributed by atoms with E-state index >= 15 is 0 Å². The van der Waals surface area contributed by atoms with Crippen molar-refractivity contribution in [2.75, 3.05) is 13.1 Å². The molecule has 4 nitrogen and oxygen atoms in total. The zero-order valence-corrected chi connectivity index (χ0v) is 11.3. The average Bonchev–Trinajstić information content (AvgIpc) is 2.34. The van der Waals surface area contributed by atoms with Crippen molar-refractivity contribution in [2.45, 2.75) is 39.4 Å². The summed E-state index contributed by atoms with van der Waals surface area (Å²) in [5.74, 6) is 1.99. The molecule has 1 aromatic rings. The van der Waals surface area contributed by atoms with E-state index in [0.717, 1.165) is 25.3 Å². The lowest BCUT2D eigenvalue weighted by molar-refractivity contribution is 0.106. The van der Waals surface area contributed by atoms with Gasteiger partial charge in [-0.3, -0.25) is 0 Å². The van der Waals surface area contributed by atoms with Crippen LogP contribution in [-0.2, 0) is 0 Å². The van der Waals surface area contributed by atoms with Gasteiger partial charge in [0, 0.05) is 18.5 Å². The van der Waals surface area contributed by atoms with E-state index in [9.17, 15) is 0 Å². The van der Waals surface area contributed by atoms with E-state index in [1.807, 2.05) is 26.0 Å². The van der Waals surface area contributed by atoms with Crippen LogP contribution in [0.5, 0.6) is 11.6 Å². The molecule has 0 spiro atoms. The quantitative estimate of drug-likeness (QED) is 0.890. The first-order valence-electron chi connectivity index (χ1n) is 6.65. The molecule has 1 aliphatic heterocycles. The fraction of sp³-hybridized carbons (Fsp3) is 0.643. The number of hydrogen-bond donors (Lipinski definition) is 1. The van der Waals surface area contributed by atoms with Crippen LogP contribution in [0.1, 0.15) is 27.2 Å². The molecule has 0 aliphatic carbocycles. The summed E-state index contributed by atoms with van der Waals surface area (Å²) in [5, 5.41) is 3.36. The van der Waals surface area contributed by atoms with E-state index in [2.05, 4.69) is 17.2 Å². The summed E-state index contributed by atoms with van der Waals surface area (Å²) in [4.78, 5) is 4.29. The van der Waals surface area contributed by atoms with Crippen molar-refractivity contribution in [2.24, 2.45) is 5.92 Å². The van der Waals surface area contributed by atoms with Gasteiger partial charge in [0.1, 0.15) is 11.9 Å². The third kappa shape index (κ3) is 3.60. The molecule has 0 unspecified atom stereocenters. The Morgan fingerprint density at radius 2 is 2.22 bits per heavy atom. The van der Waals surface area contributed by atoms with E-state index in [1.54, 1.807) is 6.20 Å². The fourth-order valence-electron chi connectivity index (χ4n) is 2.10. The first-order valence-corrected chi connectivity index (χ1v) is 6.65. The topological polar surface area (TPSA) is 43.4 Å². The van der Waals surface area contributed by atoms with Gasteiger partial charge in [-0.25, -0.2) is 4.98 Å². The number of rotatable bonds is 4. The Labute approximate surface area is 109 Å². The molecule has 18 heavy (non-hydrogen) atoms. The maximum Gasteiger partial charge on any atom is 0.213 e. The minimum atomic E-state index is 0.169. The maximum atomic E-state index is 5.92. The van der Waals surface area contributed by atoms with Crippen LogP contribution in [0.15, 0.2) is 18.3 Å². The Kier molecular flexibility index (Phi) is 4.42. The van der Waals surface area contributed by atoms with Crippen molar-refractivity contribution in [3.63, 3.8) is 0 Å². The van der Waals surface area contributed by atoms with Crippen molar-refractivity contribution in [1.82, 2.24) is 10.3 Å². The van der Waals surface area contributed by atoms with Crippen LogP contribution >= 0.6 is 0 Å². The van der Waals surface area contributed by atoms with E-state index in [0.29, 0.717) is 11.8 Å². The number of aromatic nitrogens is 1. The second-order valence-corrected chi connectivity index (χ2v) is 5.13. The average molecular weight is 250 g/mol. The zero-order chi connectivity index (χ0) is 13.0. The summed E-state index contributed by atoms with van der Waals surface area (Å²) < 4.78 is 11.5. The van der Waals surface area contributed by atoms with Crippen molar-refractivity contribution in [3.05, 3.63) is 18.3 Å². The predicted octanol–water partition coefficient (Wildman–Crippen LogP) is 2.25. The van der Waals surface area contributed by atoms with Crippen molar-refractivity contribution in [3.8, 4) is 11.6 Å². The van der Waals surface area contributed by atoms with Gasteiger partial charge in [-0.15, -0.1) is 0 Å². The van der Waals surface area contributed by atoms with Gasteiger partial charge in [0.2, 0.25) is 5.88 Å². The highest BCUT2D eigenvalue weighted by Crippen LogP contribution is 2.20. The summed E-state index contributed by atoms with van der Waals surface area (Å²) in [5.41, 5.74) is 0. The standard InChI is InChI=1S/C14H22N2O2/c1-10(2)17-12-4-5-14(16-9-12)18-13-6-7-15-8-11(13)3/h4-5,9-11,13,15H,6-8H2,1-3H3/t11-,13+/m1/s1. The molecular formula is C14H22N2O2. The van der Waals surface area contributed by atoms with Crippen LogP contribution in [0.25, 0.3) is 0 Å². The van der Waals surface area contributed by atoms with Gasteiger partial charge in [0.25, 0.3) is 0 Å². The lowest BCUT2D eigenvalue weighted by Crippen LogP contribution is -2.41. The molecule has 1 aliphatic rings. The summed E-state index contributed by atoms with van der Waals surface area (Å²) >= 11 is 0. The SMILES string of the molecule is CC(C)Oc1ccc(O[C@H]2CCNC[C@H]2C)nc1. The van der Waals surface area contributed by atoms with Gasteiger partial charge < -0.3 is 14.8 Å². The largest absolute Gasteiger partial charge is 0.489 e. The summed E-state index contributed by atoms with van der Waals surface area (Å²) in [6.45, 7) is 8.23. The van der Waals surface area contributed by atoms with Crippen LogP contribution in [-0.4, -0.2) is 30.3 Å². The Morgan fingerprint density at radius 3 is 2.83 bits per heavy atom. The third-order valence-electron chi connectivity index (χ3n) is 3.06. The number of piperidine rings is 1. The lowest BCUT2D eigenvalue weighted by atomic mass is 9.98. The molecule has 1 aromatic heterocycles. The molecule has 2 atom stereocenters. The summed E-state index contributed by atoms with van der Waals surface area (Å²) in [6.07, 6.45) is 3.19. The lowest BCUT2D eigenvalue weighted by Gasteiger charge is -2.29. The molecule has 1 fully saturated rings. The van der Waals surface area contributed by atoms with Crippen molar-refractivity contribution < 1.29 is 9.47 Å². The Hall–Kier alpha value is -1.29. The first kappa shape index (κ1) is 13.1. The molecule has 4 heteroatoms. The minimum absolute atomic E-state index is 0.169. The molecule has 0 bridgehead atoms. The molecule has 100 valence electrons. The van der Waals surface area contributed by atoms with Crippen LogP contribution in [0.3, 0.4) is 0 Å². The monoisotopic (exact) mass is 250 g/mol. The highest BCUT2D eigenvalue weighted by atomic mass is 16.5. The van der Waals surface area contributed by atoms with Crippen LogP contribution in [0.2, 0.25) is 0 Å². The molecule has 2 heterocycles.